The Morgan fingerprint density at radius 2 is 2.46 bits per heavy atom. The Hall–Kier alpha value is -1.08. The van der Waals surface area contributed by atoms with Crippen LogP contribution in [0.2, 0.25) is 0 Å². The highest BCUT2D eigenvalue weighted by Gasteiger charge is 2.31. The van der Waals surface area contributed by atoms with Crippen LogP contribution in [-0.2, 0) is 9.53 Å². The molecule has 13 heavy (non-hydrogen) atoms. The second kappa shape index (κ2) is 4.24. The van der Waals surface area contributed by atoms with E-state index in [1.807, 2.05) is 0 Å². The van der Waals surface area contributed by atoms with Crippen LogP contribution in [-0.4, -0.2) is 36.6 Å². The number of carbonyl (C=O) groups excluding carboxylic acids is 1. The maximum Gasteiger partial charge on any atom is 0.252 e. The summed E-state index contributed by atoms with van der Waals surface area (Å²) in [5.74, 6) is -0.0773. The Morgan fingerprint density at radius 3 is 3.00 bits per heavy atom. The fourth-order valence-electron chi connectivity index (χ4n) is 1.50. The van der Waals surface area contributed by atoms with Crippen LogP contribution in [0, 0.1) is 11.3 Å². The van der Waals surface area contributed by atoms with Crippen molar-refractivity contribution in [2.75, 3.05) is 13.7 Å². The van der Waals surface area contributed by atoms with Gasteiger partial charge in [0.25, 0.3) is 5.91 Å². The standard InChI is InChI=1S/C9H14N2O2/c1-7(13-2)9(12)11-5-3-4-8(11)6-10/h7-8H,3-5H2,1-2H3. The topological polar surface area (TPSA) is 53.3 Å². The molecule has 4 heteroatoms. The van der Waals surface area contributed by atoms with E-state index in [-0.39, 0.29) is 11.9 Å². The minimum atomic E-state index is -0.436. The normalized spacial score (nSPS) is 24.1. The molecular weight excluding hydrogens is 168 g/mol. The van der Waals surface area contributed by atoms with E-state index in [0.29, 0.717) is 6.54 Å². The van der Waals surface area contributed by atoms with E-state index in [1.54, 1.807) is 11.8 Å². The first kappa shape index (κ1) is 10.0. The molecular formula is C9H14N2O2. The Morgan fingerprint density at radius 1 is 1.77 bits per heavy atom. The third kappa shape index (κ3) is 1.99. The van der Waals surface area contributed by atoms with Gasteiger partial charge in [-0.1, -0.05) is 0 Å². The lowest BCUT2D eigenvalue weighted by atomic mass is 10.2. The van der Waals surface area contributed by atoms with E-state index in [2.05, 4.69) is 6.07 Å². The smallest absolute Gasteiger partial charge is 0.252 e. The van der Waals surface area contributed by atoms with Gasteiger partial charge in [0.15, 0.2) is 0 Å². The number of ether oxygens (including phenoxy) is 1. The summed E-state index contributed by atoms with van der Waals surface area (Å²) < 4.78 is 4.92. The van der Waals surface area contributed by atoms with Crippen molar-refractivity contribution >= 4 is 5.91 Å². The van der Waals surface area contributed by atoms with Crippen molar-refractivity contribution in [1.82, 2.24) is 4.90 Å². The van der Waals surface area contributed by atoms with Crippen LogP contribution in [0.3, 0.4) is 0 Å². The Labute approximate surface area is 78.1 Å². The molecule has 0 aromatic heterocycles. The van der Waals surface area contributed by atoms with Gasteiger partial charge in [-0.25, -0.2) is 0 Å². The number of carbonyl (C=O) groups is 1. The van der Waals surface area contributed by atoms with Gasteiger partial charge in [0.2, 0.25) is 0 Å². The van der Waals surface area contributed by atoms with Crippen LogP contribution in [0.1, 0.15) is 19.8 Å². The molecule has 1 saturated heterocycles. The van der Waals surface area contributed by atoms with E-state index >= 15 is 0 Å². The van der Waals surface area contributed by atoms with Gasteiger partial charge in [-0.05, 0) is 19.8 Å². The van der Waals surface area contributed by atoms with Crippen molar-refractivity contribution in [2.45, 2.75) is 31.9 Å². The summed E-state index contributed by atoms with van der Waals surface area (Å²) in [6.45, 7) is 2.39. The SMILES string of the molecule is COC(C)C(=O)N1CCCC1C#N. The van der Waals surface area contributed by atoms with Crippen LogP contribution >= 0.6 is 0 Å². The molecule has 1 fully saturated rings. The molecule has 2 unspecified atom stereocenters. The summed E-state index contributed by atoms with van der Waals surface area (Å²) >= 11 is 0. The fourth-order valence-corrected chi connectivity index (χ4v) is 1.50. The number of methoxy groups -OCH3 is 1. The molecule has 0 N–H and O–H groups in total. The van der Waals surface area contributed by atoms with Crippen molar-refractivity contribution in [3.63, 3.8) is 0 Å². The highest BCUT2D eigenvalue weighted by atomic mass is 16.5. The van der Waals surface area contributed by atoms with Crippen molar-refractivity contribution in [3.8, 4) is 6.07 Å². The molecule has 0 aromatic rings. The van der Waals surface area contributed by atoms with Crippen molar-refractivity contribution in [1.29, 1.82) is 5.26 Å². The van der Waals surface area contributed by atoms with Crippen LogP contribution < -0.4 is 0 Å². The molecule has 1 rings (SSSR count). The second-order valence-electron chi connectivity index (χ2n) is 3.20. The molecule has 0 radical (unpaired) electrons. The van der Waals surface area contributed by atoms with Gasteiger partial charge in [0.05, 0.1) is 6.07 Å². The third-order valence-electron chi connectivity index (χ3n) is 2.39. The zero-order valence-electron chi connectivity index (χ0n) is 7.99. The predicted molar refractivity (Wildman–Crippen MR) is 46.8 cm³/mol. The van der Waals surface area contributed by atoms with Gasteiger partial charge in [0, 0.05) is 13.7 Å². The Balaban J connectivity index is 2.61. The summed E-state index contributed by atoms with van der Waals surface area (Å²) in [6, 6.07) is 1.88. The molecule has 1 heterocycles. The van der Waals surface area contributed by atoms with Crippen LogP contribution in [0.25, 0.3) is 0 Å². The summed E-state index contributed by atoms with van der Waals surface area (Å²) in [5, 5.41) is 8.76. The van der Waals surface area contributed by atoms with Crippen molar-refractivity contribution < 1.29 is 9.53 Å². The summed E-state index contributed by atoms with van der Waals surface area (Å²) in [5.41, 5.74) is 0. The summed E-state index contributed by atoms with van der Waals surface area (Å²) in [6.07, 6.45) is 1.27. The molecule has 0 bridgehead atoms. The molecule has 72 valence electrons. The lowest BCUT2D eigenvalue weighted by Crippen LogP contribution is -2.41. The van der Waals surface area contributed by atoms with Gasteiger partial charge in [0.1, 0.15) is 12.1 Å². The van der Waals surface area contributed by atoms with Gasteiger partial charge in [-0.15, -0.1) is 0 Å². The molecule has 0 aromatic carbocycles. The van der Waals surface area contributed by atoms with E-state index in [0.717, 1.165) is 12.8 Å². The zero-order valence-corrected chi connectivity index (χ0v) is 7.99. The van der Waals surface area contributed by atoms with E-state index in [9.17, 15) is 4.79 Å². The minimum Gasteiger partial charge on any atom is -0.372 e. The number of hydrogen-bond acceptors (Lipinski definition) is 3. The summed E-state index contributed by atoms with van der Waals surface area (Å²) in [7, 11) is 1.50. The van der Waals surface area contributed by atoms with Crippen LogP contribution in [0.5, 0.6) is 0 Å². The van der Waals surface area contributed by atoms with Gasteiger partial charge in [-0.3, -0.25) is 4.79 Å². The van der Waals surface area contributed by atoms with Crippen molar-refractivity contribution in [3.05, 3.63) is 0 Å². The predicted octanol–water partition coefficient (Wildman–Crippen LogP) is 0.536. The largest absolute Gasteiger partial charge is 0.372 e. The molecule has 4 nitrogen and oxygen atoms in total. The van der Waals surface area contributed by atoms with Gasteiger partial charge >= 0.3 is 0 Å². The average molecular weight is 182 g/mol. The molecule has 1 amide bonds. The molecule has 0 saturated carbocycles. The minimum absolute atomic E-state index is 0.0773. The van der Waals surface area contributed by atoms with Crippen LogP contribution in [0.15, 0.2) is 0 Å². The van der Waals surface area contributed by atoms with Gasteiger partial charge < -0.3 is 9.64 Å². The quantitative estimate of drug-likeness (QED) is 0.626. The monoisotopic (exact) mass is 182 g/mol. The first-order valence-corrected chi connectivity index (χ1v) is 4.43. The summed E-state index contributed by atoms with van der Waals surface area (Å²) in [4.78, 5) is 13.2. The maximum absolute atomic E-state index is 11.6. The number of amides is 1. The average Bonchev–Trinajstić information content (AvgIpc) is 2.62. The molecule has 2 atom stereocenters. The Kier molecular flexibility index (Phi) is 3.26. The van der Waals surface area contributed by atoms with Crippen molar-refractivity contribution in [2.24, 2.45) is 0 Å². The lowest BCUT2D eigenvalue weighted by Gasteiger charge is -2.22. The first-order valence-electron chi connectivity index (χ1n) is 4.43. The highest BCUT2D eigenvalue weighted by molar-refractivity contribution is 5.81. The first-order chi connectivity index (χ1) is 6.20. The molecule has 1 aliphatic heterocycles. The number of nitriles is 1. The van der Waals surface area contributed by atoms with Gasteiger partial charge in [-0.2, -0.15) is 5.26 Å². The molecule has 0 aliphatic carbocycles. The molecule has 0 spiro atoms. The van der Waals surface area contributed by atoms with E-state index in [1.165, 1.54) is 7.11 Å². The highest BCUT2D eigenvalue weighted by Crippen LogP contribution is 2.17. The van der Waals surface area contributed by atoms with Crippen LogP contribution in [0.4, 0.5) is 0 Å². The van der Waals surface area contributed by atoms with E-state index in [4.69, 9.17) is 10.00 Å². The molecule has 1 aliphatic rings. The number of hydrogen-bond donors (Lipinski definition) is 0. The Bertz CT molecular complexity index is 234. The lowest BCUT2D eigenvalue weighted by molar-refractivity contribution is -0.140. The van der Waals surface area contributed by atoms with E-state index < -0.39 is 6.10 Å². The maximum atomic E-state index is 11.6. The second-order valence-corrected chi connectivity index (χ2v) is 3.20. The fraction of sp³-hybridized carbons (Fsp3) is 0.778. The third-order valence-corrected chi connectivity index (χ3v) is 2.39. The zero-order chi connectivity index (χ0) is 9.84. The number of rotatable bonds is 2. The number of nitrogens with zero attached hydrogens (tertiary/aromatic N) is 2. The number of likely N-dealkylation sites (tertiary alicyclic amines) is 1.